The van der Waals surface area contributed by atoms with E-state index in [9.17, 15) is 18.0 Å². The van der Waals surface area contributed by atoms with Crippen molar-refractivity contribution in [3.63, 3.8) is 0 Å². The normalized spacial score (nSPS) is 12.2. The largest absolute Gasteiger partial charge is 0.354 e. The summed E-state index contributed by atoms with van der Waals surface area (Å²) in [6, 6.07) is 9.51. The topological polar surface area (TPSA) is 86.8 Å². The van der Waals surface area contributed by atoms with Crippen LogP contribution in [0.5, 0.6) is 0 Å². The second-order valence-electron chi connectivity index (χ2n) is 8.55. The van der Waals surface area contributed by atoms with Crippen molar-refractivity contribution < 1.29 is 18.0 Å². The van der Waals surface area contributed by atoms with Crippen LogP contribution in [0.15, 0.2) is 36.4 Å². The van der Waals surface area contributed by atoms with Gasteiger partial charge < -0.3 is 10.2 Å². The molecule has 10 heteroatoms. The monoisotopic (exact) mass is 541 g/mol. The summed E-state index contributed by atoms with van der Waals surface area (Å²) in [5.41, 5.74) is 2.61. The number of sulfonamides is 1. The van der Waals surface area contributed by atoms with Gasteiger partial charge in [-0.2, -0.15) is 0 Å². The van der Waals surface area contributed by atoms with Crippen LogP contribution in [0.1, 0.15) is 43.4 Å². The third kappa shape index (κ3) is 7.85. The number of carbonyl (C=O) groups excluding carboxylic acids is 2. The Morgan fingerprint density at radius 1 is 1.03 bits per heavy atom. The Hall–Kier alpha value is -2.29. The van der Waals surface area contributed by atoms with Gasteiger partial charge in [0.05, 0.1) is 11.9 Å². The van der Waals surface area contributed by atoms with Crippen LogP contribution in [-0.2, 0) is 26.2 Å². The van der Waals surface area contributed by atoms with Crippen molar-refractivity contribution in [2.45, 2.75) is 53.1 Å². The molecule has 192 valence electrons. The average Bonchev–Trinajstić information content (AvgIpc) is 2.76. The molecule has 2 rings (SSSR count). The molecule has 0 aliphatic carbocycles. The highest BCUT2D eigenvalue weighted by atomic mass is 35.5. The number of carbonyl (C=O) groups is 2. The maximum absolute atomic E-state index is 13.7. The van der Waals surface area contributed by atoms with E-state index >= 15 is 0 Å². The quantitative estimate of drug-likeness (QED) is 0.446. The average molecular weight is 543 g/mol. The van der Waals surface area contributed by atoms with E-state index in [1.165, 1.54) is 4.90 Å². The summed E-state index contributed by atoms with van der Waals surface area (Å²) in [5.74, 6) is -0.854. The van der Waals surface area contributed by atoms with Gasteiger partial charge in [0, 0.05) is 28.7 Å². The molecular weight excluding hydrogens is 509 g/mol. The predicted octanol–water partition coefficient (Wildman–Crippen LogP) is 4.71. The smallest absolute Gasteiger partial charge is 0.244 e. The number of nitrogens with one attached hydrogen (secondary N) is 1. The van der Waals surface area contributed by atoms with Gasteiger partial charge in [-0.25, -0.2) is 8.42 Å². The summed E-state index contributed by atoms with van der Waals surface area (Å²) in [4.78, 5) is 28.0. The first-order valence-electron chi connectivity index (χ1n) is 11.4. The Morgan fingerprint density at radius 2 is 1.60 bits per heavy atom. The van der Waals surface area contributed by atoms with Gasteiger partial charge in [-0.3, -0.25) is 13.9 Å². The Bertz CT molecular complexity index is 1130. The molecule has 1 atom stereocenters. The van der Waals surface area contributed by atoms with Gasteiger partial charge in [0.2, 0.25) is 21.8 Å². The van der Waals surface area contributed by atoms with Gasteiger partial charge in [0.25, 0.3) is 0 Å². The minimum atomic E-state index is -3.80. The van der Waals surface area contributed by atoms with Crippen molar-refractivity contribution in [1.29, 1.82) is 0 Å². The van der Waals surface area contributed by atoms with Crippen LogP contribution >= 0.6 is 23.2 Å². The molecule has 35 heavy (non-hydrogen) atoms. The molecule has 0 aliphatic heterocycles. The minimum absolute atomic E-state index is 0.0418. The van der Waals surface area contributed by atoms with Gasteiger partial charge in [-0.15, -0.1) is 0 Å². The molecule has 7 nitrogen and oxygen atoms in total. The summed E-state index contributed by atoms with van der Waals surface area (Å²) in [5, 5.41) is 3.54. The summed E-state index contributed by atoms with van der Waals surface area (Å²) in [6.45, 7) is 7.39. The second kappa shape index (κ2) is 12.6. The number of anilines is 1. The molecular formula is C25H33Cl2N3O4S. The number of rotatable bonds is 11. The second-order valence-corrected chi connectivity index (χ2v) is 11.3. The number of aryl methyl sites for hydroxylation is 2. The highest BCUT2D eigenvalue weighted by Gasteiger charge is 2.32. The number of benzene rings is 2. The molecule has 0 heterocycles. The van der Waals surface area contributed by atoms with E-state index in [0.717, 1.165) is 28.1 Å². The molecule has 2 aromatic carbocycles. The van der Waals surface area contributed by atoms with Crippen molar-refractivity contribution in [2.24, 2.45) is 0 Å². The van der Waals surface area contributed by atoms with Gasteiger partial charge in [-0.05, 0) is 62.1 Å². The maximum Gasteiger partial charge on any atom is 0.244 e. The minimum Gasteiger partial charge on any atom is -0.354 e. The number of halogens is 2. The van der Waals surface area contributed by atoms with Gasteiger partial charge >= 0.3 is 0 Å². The number of nitrogens with zero attached hydrogens (tertiary/aromatic N) is 2. The number of hydrogen-bond acceptors (Lipinski definition) is 4. The van der Waals surface area contributed by atoms with E-state index in [-0.39, 0.29) is 12.5 Å². The number of hydrogen-bond donors (Lipinski definition) is 1. The Labute approximate surface area is 218 Å². The van der Waals surface area contributed by atoms with Gasteiger partial charge in [0.1, 0.15) is 12.6 Å². The molecule has 2 aromatic rings. The highest BCUT2D eigenvalue weighted by Crippen LogP contribution is 2.28. The van der Waals surface area contributed by atoms with E-state index in [0.29, 0.717) is 34.3 Å². The summed E-state index contributed by atoms with van der Waals surface area (Å²) in [7, 11) is -3.80. The standard InChI is InChI=1S/C25H33Cl2N3O4S/c1-6-11-28-25(32)23(7-2)29(15-20-21(26)9-8-10-22(20)27)24(31)16-30(35(5,33)34)19-13-17(3)12-18(4)14-19/h8-10,12-14,23H,6-7,11,15-16H2,1-5H3,(H,28,32)/t23-/m0/s1. The lowest BCUT2D eigenvalue weighted by molar-refractivity contribution is -0.140. The van der Waals surface area contributed by atoms with Crippen molar-refractivity contribution in [3.05, 3.63) is 63.1 Å². The molecule has 0 spiro atoms. The summed E-state index contributed by atoms with van der Waals surface area (Å²) in [6.07, 6.45) is 2.12. The van der Waals surface area contributed by atoms with Crippen LogP contribution in [0.4, 0.5) is 5.69 Å². The van der Waals surface area contributed by atoms with Crippen LogP contribution in [-0.4, -0.2) is 50.5 Å². The van der Waals surface area contributed by atoms with Crippen LogP contribution in [0.3, 0.4) is 0 Å². The lowest BCUT2D eigenvalue weighted by Crippen LogP contribution is -2.52. The first-order valence-corrected chi connectivity index (χ1v) is 14.1. The van der Waals surface area contributed by atoms with Crippen molar-refractivity contribution in [3.8, 4) is 0 Å². The van der Waals surface area contributed by atoms with Crippen LogP contribution in [0.25, 0.3) is 0 Å². The van der Waals surface area contributed by atoms with Gasteiger partial charge in [0.15, 0.2) is 0 Å². The first-order chi connectivity index (χ1) is 16.4. The molecule has 0 fully saturated rings. The van der Waals surface area contributed by atoms with E-state index in [2.05, 4.69) is 5.32 Å². The fourth-order valence-electron chi connectivity index (χ4n) is 3.85. The fraction of sp³-hybridized carbons (Fsp3) is 0.440. The SMILES string of the molecule is CCCNC(=O)[C@H](CC)N(Cc1c(Cl)cccc1Cl)C(=O)CN(c1cc(C)cc(C)c1)S(C)(=O)=O. The van der Waals surface area contributed by atoms with Gasteiger partial charge in [-0.1, -0.05) is 49.2 Å². The fourth-order valence-corrected chi connectivity index (χ4v) is 5.20. The van der Waals surface area contributed by atoms with Crippen molar-refractivity contribution in [1.82, 2.24) is 10.2 Å². The molecule has 0 aliphatic rings. The molecule has 0 saturated carbocycles. The summed E-state index contributed by atoms with van der Waals surface area (Å²) < 4.78 is 26.5. The Kier molecular flexibility index (Phi) is 10.4. The number of amides is 2. The van der Waals surface area contributed by atoms with E-state index in [1.54, 1.807) is 37.3 Å². The maximum atomic E-state index is 13.7. The lowest BCUT2D eigenvalue weighted by Gasteiger charge is -2.33. The van der Waals surface area contributed by atoms with Crippen molar-refractivity contribution >= 4 is 50.7 Å². The zero-order valence-corrected chi connectivity index (χ0v) is 23.1. The van der Waals surface area contributed by atoms with E-state index in [4.69, 9.17) is 23.2 Å². The molecule has 0 saturated heterocycles. The molecule has 2 amide bonds. The third-order valence-electron chi connectivity index (χ3n) is 5.50. The third-order valence-corrected chi connectivity index (χ3v) is 7.35. The van der Waals surface area contributed by atoms with Crippen LogP contribution in [0, 0.1) is 13.8 Å². The zero-order valence-electron chi connectivity index (χ0n) is 20.8. The molecule has 1 N–H and O–H groups in total. The zero-order chi connectivity index (χ0) is 26.3. The summed E-state index contributed by atoms with van der Waals surface area (Å²) >= 11 is 12.7. The van der Waals surface area contributed by atoms with Crippen LogP contribution in [0.2, 0.25) is 10.0 Å². The highest BCUT2D eigenvalue weighted by molar-refractivity contribution is 7.92. The Balaban J connectivity index is 2.52. The molecule has 0 aromatic heterocycles. The van der Waals surface area contributed by atoms with Crippen LogP contribution < -0.4 is 9.62 Å². The van der Waals surface area contributed by atoms with Crippen molar-refractivity contribution in [2.75, 3.05) is 23.7 Å². The van der Waals surface area contributed by atoms with E-state index in [1.807, 2.05) is 26.8 Å². The lowest BCUT2D eigenvalue weighted by atomic mass is 10.1. The Morgan fingerprint density at radius 3 is 2.09 bits per heavy atom. The molecule has 0 bridgehead atoms. The molecule has 0 radical (unpaired) electrons. The predicted molar refractivity (Wildman–Crippen MR) is 142 cm³/mol. The van der Waals surface area contributed by atoms with E-state index < -0.39 is 28.5 Å². The molecule has 0 unspecified atom stereocenters. The first kappa shape index (κ1) is 28.9.